The summed E-state index contributed by atoms with van der Waals surface area (Å²) in [7, 11) is 0. The lowest BCUT2D eigenvalue weighted by molar-refractivity contribution is -0.131. The number of hydrogen-bond acceptors (Lipinski definition) is 3. The number of nitrogens with one attached hydrogen (secondary N) is 1. The van der Waals surface area contributed by atoms with E-state index in [1.54, 1.807) is 17.4 Å². The minimum Gasteiger partial charge on any atom is -0.478 e. The zero-order chi connectivity index (χ0) is 23.8. The van der Waals surface area contributed by atoms with Crippen LogP contribution in [0.5, 0.6) is 0 Å². The van der Waals surface area contributed by atoms with Gasteiger partial charge < -0.3 is 5.11 Å². The summed E-state index contributed by atoms with van der Waals surface area (Å²) in [6.45, 7) is 4.30. The molecule has 6 heteroatoms. The number of nitrogens with zero attached hydrogens (tertiary/aromatic N) is 1. The van der Waals surface area contributed by atoms with E-state index in [-0.39, 0.29) is 0 Å². The normalized spacial score (nSPS) is 15.0. The highest BCUT2D eigenvalue weighted by Crippen LogP contribution is 2.47. The maximum Gasteiger partial charge on any atom is 0.328 e. The van der Waals surface area contributed by atoms with E-state index in [2.05, 4.69) is 30.1 Å². The molecule has 34 heavy (non-hydrogen) atoms. The van der Waals surface area contributed by atoms with Crippen molar-refractivity contribution in [3.05, 3.63) is 92.6 Å². The molecule has 0 atom stereocenters. The molecule has 0 amide bonds. The van der Waals surface area contributed by atoms with Crippen molar-refractivity contribution in [2.45, 2.75) is 33.1 Å². The number of benzene rings is 2. The van der Waals surface area contributed by atoms with Crippen molar-refractivity contribution in [1.82, 2.24) is 10.2 Å². The first-order valence-electron chi connectivity index (χ1n) is 11.4. The van der Waals surface area contributed by atoms with Gasteiger partial charge in [-0.25, -0.2) is 4.79 Å². The zero-order valence-corrected chi connectivity index (χ0v) is 19.9. The van der Waals surface area contributed by atoms with E-state index in [1.807, 2.05) is 42.5 Å². The molecule has 4 aromatic rings. The predicted molar refractivity (Wildman–Crippen MR) is 136 cm³/mol. The van der Waals surface area contributed by atoms with Gasteiger partial charge in [0.1, 0.15) is 0 Å². The van der Waals surface area contributed by atoms with Gasteiger partial charge in [-0.15, -0.1) is 11.3 Å². The van der Waals surface area contributed by atoms with Crippen molar-refractivity contribution in [2.24, 2.45) is 5.92 Å². The minimum atomic E-state index is -0.976. The average molecular weight is 473 g/mol. The second-order valence-electron chi connectivity index (χ2n) is 8.81. The standard InChI is InChI=1S/C28H25FN2O2S/c1-16-14-22(17(2)34-16)27(19-4-3-5-19)26(20-9-6-18(7-10-20)8-13-25(32)33)21-11-12-24-23(15-21)28(29)31-30-24/h6-15,19H,3-5H2,1-2H3,(H,30,31)(H,32,33). The number of carbonyl (C=O) groups is 1. The number of H-pyrrole nitrogens is 1. The number of carboxylic acids is 1. The van der Waals surface area contributed by atoms with Gasteiger partial charge in [-0.3, -0.25) is 5.10 Å². The van der Waals surface area contributed by atoms with Gasteiger partial charge in [-0.05, 0) is 90.3 Å². The molecule has 1 fully saturated rings. The molecule has 1 saturated carbocycles. The van der Waals surface area contributed by atoms with Gasteiger partial charge in [0.15, 0.2) is 0 Å². The molecule has 2 aromatic heterocycles. The number of fused-ring (bicyclic) bond motifs is 1. The van der Waals surface area contributed by atoms with Crippen molar-refractivity contribution in [1.29, 1.82) is 0 Å². The molecule has 2 N–H and O–H groups in total. The van der Waals surface area contributed by atoms with Crippen LogP contribution in [-0.4, -0.2) is 21.3 Å². The number of aryl methyl sites for hydroxylation is 2. The molecule has 5 rings (SSSR count). The summed E-state index contributed by atoms with van der Waals surface area (Å²) < 4.78 is 14.4. The van der Waals surface area contributed by atoms with E-state index in [4.69, 9.17) is 5.11 Å². The zero-order valence-electron chi connectivity index (χ0n) is 19.1. The molecule has 2 heterocycles. The van der Waals surface area contributed by atoms with E-state index in [0.29, 0.717) is 16.8 Å². The Balaban J connectivity index is 1.75. The molecule has 0 radical (unpaired) electrons. The lowest BCUT2D eigenvalue weighted by atomic mass is 9.73. The Labute approximate surface area is 201 Å². The highest BCUT2D eigenvalue weighted by molar-refractivity contribution is 7.12. The second kappa shape index (κ2) is 9.03. The van der Waals surface area contributed by atoms with Crippen molar-refractivity contribution in [3.63, 3.8) is 0 Å². The van der Waals surface area contributed by atoms with Crippen molar-refractivity contribution < 1.29 is 14.3 Å². The Bertz CT molecular complexity index is 1440. The van der Waals surface area contributed by atoms with E-state index >= 15 is 0 Å². The Morgan fingerprint density at radius 1 is 1.12 bits per heavy atom. The largest absolute Gasteiger partial charge is 0.478 e. The number of carboxylic acid groups (broad SMARTS) is 1. The van der Waals surface area contributed by atoms with Gasteiger partial charge in [-0.1, -0.05) is 36.8 Å². The van der Waals surface area contributed by atoms with Gasteiger partial charge in [-0.2, -0.15) is 9.49 Å². The molecule has 0 unspecified atom stereocenters. The SMILES string of the molecule is Cc1cc(C(=C(c2ccc(C=CC(=O)O)cc2)c2ccc3n[nH]c(F)c3c2)C2CCC2)c(C)s1. The molecule has 4 nitrogen and oxygen atoms in total. The third-order valence-corrected chi connectivity index (χ3v) is 7.49. The Kier molecular flexibility index (Phi) is 5.92. The van der Waals surface area contributed by atoms with Gasteiger partial charge in [0, 0.05) is 15.8 Å². The third-order valence-electron chi connectivity index (χ3n) is 6.53. The monoisotopic (exact) mass is 472 g/mol. The van der Waals surface area contributed by atoms with Gasteiger partial charge >= 0.3 is 5.97 Å². The summed E-state index contributed by atoms with van der Waals surface area (Å²) in [5.74, 6) is -0.965. The predicted octanol–water partition coefficient (Wildman–Crippen LogP) is 7.24. The molecule has 0 spiro atoms. The molecule has 0 bridgehead atoms. The Morgan fingerprint density at radius 2 is 1.85 bits per heavy atom. The minimum absolute atomic E-state index is 0.432. The van der Waals surface area contributed by atoms with Crippen LogP contribution in [0.3, 0.4) is 0 Å². The molecule has 0 aliphatic heterocycles. The fraction of sp³-hybridized carbons (Fsp3) is 0.214. The van der Waals surface area contributed by atoms with Crippen LogP contribution in [0.15, 0.2) is 54.6 Å². The number of allylic oxidation sites excluding steroid dienone is 1. The van der Waals surface area contributed by atoms with E-state index in [0.717, 1.165) is 41.2 Å². The smallest absolute Gasteiger partial charge is 0.328 e. The van der Waals surface area contributed by atoms with Crippen molar-refractivity contribution in [3.8, 4) is 0 Å². The molecule has 1 aliphatic carbocycles. The van der Waals surface area contributed by atoms with Crippen LogP contribution in [0, 0.1) is 25.7 Å². The van der Waals surface area contributed by atoms with Gasteiger partial charge in [0.05, 0.1) is 10.9 Å². The molecule has 1 aliphatic rings. The molecular weight excluding hydrogens is 447 g/mol. The maximum atomic E-state index is 14.4. The summed E-state index contributed by atoms with van der Waals surface area (Å²) in [4.78, 5) is 13.5. The van der Waals surface area contributed by atoms with Crippen molar-refractivity contribution in [2.75, 3.05) is 0 Å². The summed E-state index contributed by atoms with van der Waals surface area (Å²) in [6, 6.07) is 15.9. The summed E-state index contributed by atoms with van der Waals surface area (Å²) >= 11 is 1.80. The summed E-state index contributed by atoms with van der Waals surface area (Å²) in [5.41, 5.74) is 7.07. The average Bonchev–Trinajstić information content (AvgIpc) is 3.32. The number of aliphatic carboxylic acids is 1. The number of rotatable bonds is 6. The molecule has 0 saturated heterocycles. The van der Waals surface area contributed by atoms with E-state index in [1.165, 1.54) is 27.3 Å². The molecular formula is C28H25FN2O2S. The quantitative estimate of drug-likeness (QED) is 0.291. The third kappa shape index (κ3) is 4.21. The van der Waals surface area contributed by atoms with Crippen LogP contribution in [-0.2, 0) is 4.79 Å². The lowest BCUT2D eigenvalue weighted by Gasteiger charge is -2.31. The Hall–Kier alpha value is -3.51. The Morgan fingerprint density at radius 3 is 2.47 bits per heavy atom. The van der Waals surface area contributed by atoms with Crippen LogP contribution in [0.4, 0.5) is 4.39 Å². The molecule has 172 valence electrons. The fourth-order valence-electron chi connectivity index (χ4n) is 4.69. The van der Waals surface area contributed by atoms with E-state index in [9.17, 15) is 9.18 Å². The number of hydrogen-bond donors (Lipinski definition) is 2. The van der Waals surface area contributed by atoms with Crippen LogP contribution in [0.1, 0.15) is 51.3 Å². The number of thiophene rings is 1. The van der Waals surface area contributed by atoms with E-state index < -0.39 is 11.9 Å². The first kappa shape index (κ1) is 22.3. The fourth-order valence-corrected chi connectivity index (χ4v) is 5.63. The van der Waals surface area contributed by atoms with Crippen LogP contribution < -0.4 is 0 Å². The number of aromatic nitrogens is 2. The maximum absolute atomic E-state index is 14.4. The number of aromatic amines is 1. The topological polar surface area (TPSA) is 66.0 Å². The first-order chi connectivity index (χ1) is 16.4. The van der Waals surface area contributed by atoms with Gasteiger partial charge in [0.25, 0.3) is 0 Å². The highest BCUT2D eigenvalue weighted by Gasteiger charge is 2.29. The second-order valence-corrected chi connectivity index (χ2v) is 10.3. The van der Waals surface area contributed by atoms with Crippen LogP contribution >= 0.6 is 11.3 Å². The summed E-state index contributed by atoms with van der Waals surface area (Å²) in [5, 5.41) is 15.9. The van der Waals surface area contributed by atoms with Crippen LogP contribution in [0.2, 0.25) is 0 Å². The van der Waals surface area contributed by atoms with Crippen molar-refractivity contribution >= 4 is 45.4 Å². The van der Waals surface area contributed by atoms with Crippen LogP contribution in [0.25, 0.3) is 28.1 Å². The molecule has 2 aromatic carbocycles. The number of halogens is 1. The lowest BCUT2D eigenvalue weighted by Crippen LogP contribution is -2.15. The summed E-state index contributed by atoms with van der Waals surface area (Å²) in [6.07, 6.45) is 6.20. The highest BCUT2D eigenvalue weighted by atomic mass is 32.1. The van der Waals surface area contributed by atoms with Gasteiger partial charge in [0.2, 0.25) is 5.95 Å². The first-order valence-corrected chi connectivity index (χ1v) is 12.2.